The SMILES string of the molecule is COc1ccc(-c2cc3c(C)nc(N)nc3n([C@H]3CC[C@@H](O)CC3)c2=O)cn1. The van der Waals surface area contributed by atoms with Gasteiger partial charge in [0.25, 0.3) is 5.56 Å². The number of pyridine rings is 2. The zero-order valence-electron chi connectivity index (χ0n) is 15.9. The van der Waals surface area contributed by atoms with E-state index in [9.17, 15) is 9.90 Å². The number of aromatic nitrogens is 4. The van der Waals surface area contributed by atoms with Crippen LogP contribution >= 0.6 is 0 Å². The van der Waals surface area contributed by atoms with Gasteiger partial charge in [-0.3, -0.25) is 9.36 Å². The van der Waals surface area contributed by atoms with Crippen LogP contribution in [0.4, 0.5) is 5.95 Å². The molecule has 3 aromatic rings. The molecule has 0 aliphatic heterocycles. The number of aryl methyl sites for hydroxylation is 1. The second kappa shape index (κ2) is 7.20. The van der Waals surface area contributed by atoms with E-state index in [0.717, 1.165) is 11.1 Å². The van der Waals surface area contributed by atoms with Crippen LogP contribution in [0.2, 0.25) is 0 Å². The molecule has 0 bridgehead atoms. The van der Waals surface area contributed by atoms with Gasteiger partial charge < -0.3 is 15.6 Å². The van der Waals surface area contributed by atoms with Gasteiger partial charge in [0.2, 0.25) is 11.8 Å². The molecule has 8 nitrogen and oxygen atoms in total. The van der Waals surface area contributed by atoms with E-state index < -0.39 is 0 Å². The number of methoxy groups -OCH3 is 1. The maximum atomic E-state index is 13.5. The number of nitrogens with two attached hydrogens (primary N) is 1. The highest BCUT2D eigenvalue weighted by Crippen LogP contribution is 2.31. The Balaban J connectivity index is 1.96. The van der Waals surface area contributed by atoms with E-state index in [1.54, 1.807) is 23.9 Å². The monoisotopic (exact) mass is 381 g/mol. The van der Waals surface area contributed by atoms with Crippen LogP contribution < -0.4 is 16.0 Å². The van der Waals surface area contributed by atoms with E-state index in [2.05, 4.69) is 15.0 Å². The van der Waals surface area contributed by atoms with E-state index in [4.69, 9.17) is 10.5 Å². The molecule has 1 aliphatic rings. The first-order valence-corrected chi connectivity index (χ1v) is 9.35. The molecule has 8 heteroatoms. The predicted molar refractivity (Wildman–Crippen MR) is 106 cm³/mol. The van der Waals surface area contributed by atoms with E-state index in [0.29, 0.717) is 48.3 Å². The fourth-order valence-corrected chi connectivity index (χ4v) is 3.89. The number of hydrogen-bond acceptors (Lipinski definition) is 7. The van der Waals surface area contributed by atoms with Gasteiger partial charge in [0.05, 0.1) is 18.9 Å². The van der Waals surface area contributed by atoms with Crippen LogP contribution in [-0.2, 0) is 0 Å². The molecule has 0 atom stereocenters. The molecule has 0 amide bonds. The number of nitrogen functional groups attached to an aromatic ring is 1. The minimum atomic E-state index is -0.311. The smallest absolute Gasteiger partial charge is 0.260 e. The number of rotatable bonds is 3. The summed E-state index contributed by atoms with van der Waals surface area (Å²) in [6.45, 7) is 1.86. The predicted octanol–water partition coefficient (Wildman–Crippen LogP) is 2.23. The molecule has 28 heavy (non-hydrogen) atoms. The lowest BCUT2D eigenvalue weighted by molar-refractivity contribution is 0.111. The summed E-state index contributed by atoms with van der Waals surface area (Å²) in [5, 5.41) is 10.7. The molecule has 0 aromatic carbocycles. The molecular formula is C20H23N5O3. The van der Waals surface area contributed by atoms with Crippen LogP contribution in [0.3, 0.4) is 0 Å². The highest BCUT2D eigenvalue weighted by atomic mass is 16.5. The zero-order chi connectivity index (χ0) is 19.8. The average Bonchev–Trinajstić information content (AvgIpc) is 2.69. The Morgan fingerprint density at radius 3 is 2.61 bits per heavy atom. The molecule has 0 radical (unpaired) electrons. The summed E-state index contributed by atoms with van der Waals surface area (Å²) in [7, 11) is 1.55. The number of aliphatic hydroxyl groups excluding tert-OH is 1. The molecule has 1 fully saturated rings. The Hall–Kier alpha value is -3.00. The van der Waals surface area contributed by atoms with E-state index in [-0.39, 0.29) is 23.7 Å². The van der Waals surface area contributed by atoms with Crippen molar-refractivity contribution in [3.8, 4) is 17.0 Å². The van der Waals surface area contributed by atoms with Gasteiger partial charge >= 0.3 is 0 Å². The molecule has 146 valence electrons. The van der Waals surface area contributed by atoms with Crippen LogP contribution in [-0.4, -0.2) is 37.8 Å². The van der Waals surface area contributed by atoms with Gasteiger partial charge in [-0.2, -0.15) is 4.98 Å². The lowest BCUT2D eigenvalue weighted by Gasteiger charge is -2.28. The second-order valence-electron chi connectivity index (χ2n) is 7.19. The third-order valence-electron chi connectivity index (χ3n) is 5.39. The Labute approximate surface area is 162 Å². The standard InChI is InChI=1S/C20H23N5O3/c1-11-15-9-16(12-3-8-17(28-2)22-10-12)19(27)25(18(15)24-20(21)23-11)13-4-6-14(26)7-5-13/h3,8-10,13-14,26H,4-7H2,1-2H3,(H2,21,23,24)/t13-,14+. The summed E-state index contributed by atoms with van der Waals surface area (Å²) < 4.78 is 6.84. The molecular weight excluding hydrogens is 358 g/mol. The lowest BCUT2D eigenvalue weighted by atomic mass is 9.92. The summed E-state index contributed by atoms with van der Waals surface area (Å²) in [6.07, 6.45) is 4.06. The van der Waals surface area contributed by atoms with Gasteiger partial charge in [-0.05, 0) is 44.7 Å². The highest BCUT2D eigenvalue weighted by Gasteiger charge is 2.25. The Kier molecular flexibility index (Phi) is 4.72. The molecule has 3 heterocycles. The molecule has 4 rings (SSSR count). The lowest BCUT2D eigenvalue weighted by Crippen LogP contribution is -2.31. The third kappa shape index (κ3) is 3.20. The number of hydrogen-bond donors (Lipinski definition) is 2. The minimum absolute atomic E-state index is 0.0433. The summed E-state index contributed by atoms with van der Waals surface area (Å²) in [6, 6.07) is 5.31. The van der Waals surface area contributed by atoms with Crippen LogP contribution in [0.5, 0.6) is 5.88 Å². The molecule has 1 aliphatic carbocycles. The number of aliphatic hydroxyl groups is 1. The largest absolute Gasteiger partial charge is 0.481 e. The van der Waals surface area contributed by atoms with Crippen molar-refractivity contribution in [2.45, 2.75) is 44.8 Å². The van der Waals surface area contributed by atoms with Crippen LogP contribution in [0, 0.1) is 6.92 Å². The summed E-state index contributed by atoms with van der Waals surface area (Å²) in [4.78, 5) is 26.4. The Bertz CT molecular complexity index is 1070. The van der Waals surface area contributed by atoms with Gasteiger partial charge in [0.1, 0.15) is 5.65 Å². The number of nitrogens with zero attached hydrogens (tertiary/aromatic N) is 4. The molecule has 3 N–H and O–H groups in total. The van der Waals surface area contributed by atoms with Crippen molar-refractivity contribution < 1.29 is 9.84 Å². The molecule has 3 aromatic heterocycles. The molecule has 0 spiro atoms. The van der Waals surface area contributed by atoms with Crippen molar-refractivity contribution in [1.82, 2.24) is 19.5 Å². The molecule has 0 unspecified atom stereocenters. The molecule has 1 saturated carbocycles. The fourth-order valence-electron chi connectivity index (χ4n) is 3.89. The summed E-state index contributed by atoms with van der Waals surface area (Å²) >= 11 is 0. The summed E-state index contributed by atoms with van der Waals surface area (Å²) in [5.41, 5.74) is 8.23. The number of anilines is 1. The van der Waals surface area contributed by atoms with E-state index >= 15 is 0 Å². The topological polar surface area (TPSA) is 116 Å². The van der Waals surface area contributed by atoms with Crippen molar-refractivity contribution in [3.05, 3.63) is 40.4 Å². The van der Waals surface area contributed by atoms with Gasteiger partial charge in [0, 0.05) is 34.8 Å². The maximum absolute atomic E-state index is 13.5. The van der Waals surface area contributed by atoms with Gasteiger partial charge in [-0.15, -0.1) is 0 Å². The van der Waals surface area contributed by atoms with E-state index in [1.807, 2.05) is 19.1 Å². The van der Waals surface area contributed by atoms with Crippen molar-refractivity contribution >= 4 is 17.0 Å². The van der Waals surface area contributed by atoms with E-state index in [1.165, 1.54) is 0 Å². The molecule has 0 saturated heterocycles. The second-order valence-corrected chi connectivity index (χ2v) is 7.19. The van der Waals surface area contributed by atoms with Crippen molar-refractivity contribution in [2.24, 2.45) is 0 Å². The fraction of sp³-hybridized carbons (Fsp3) is 0.400. The first-order valence-electron chi connectivity index (χ1n) is 9.35. The Morgan fingerprint density at radius 2 is 1.96 bits per heavy atom. The van der Waals surface area contributed by atoms with Gasteiger partial charge in [-0.1, -0.05) is 0 Å². The quantitative estimate of drug-likeness (QED) is 0.714. The summed E-state index contributed by atoms with van der Waals surface area (Å²) in [5.74, 6) is 0.631. The van der Waals surface area contributed by atoms with Gasteiger partial charge in [0.15, 0.2) is 0 Å². The normalized spacial score (nSPS) is 19.7. The average molecular weight is 381 g/mol. The van der Waals surface area contributed by atoms with Crippen molar-refractivity contribution in [2.75, 3.05) is 12.8 Å². The Morgan fingerprint density at radius 1 is 1.21 bits per heavy atom. The van der Waals surface area contributed by atoms with Crippen LogP contribution in [0.1, 0.15) is 37.4 Å². The van der Waals surface area contributed by atoms with Gasteiger partial charge in [-0.25, -0.2) is 9.97 Å². The maximum Gasteiger partial charge on any atom is 0.260 e. The minimum Gasteiger partial charge on any atom is -0.481 e. The number of ether oxygens (including phenoxy) is 1. The highest BCUT2D eigenvalue weighted by molar-refractivity contribution is 5.84. The zero-order valence-corrected chi connectivity index (χ0v) is 15.9. The van der Waals surface area contributed by atoms with Crippen molar-refractivity contribution in [1.29, 1.82) is 0 Å². The van der Waals surface area contributed by atoms with Crippen LogP contribution in [0.25, 0.3) is 22.2 Å². The number of fused-ring (bicyclic) bond motifs is 1. The van der Waals surface area contributed by atoms with Crippen LogP contribution in [0.15, 0.2) is 29.2 Å². The third-order valence-corrected chi connectivity index (χ3v) is 5.39. The van der Waals surface area contributed by atoms with Crippen molar-refractivity contribution in [3.63, 3.8) is 0 Å². The first kappa shape index (κ1) is 18.4. The first-order chi connectivity index (χ1) is 13.5.